The molecule has 0 saturated heterocycles. The first-order valence-electron chi connectivity index (χ1n) is 8.47. The Morgan fingerprint density at radius 1 is 0.720 bits per heavy atom. The zero-order chi connectivity index (χ0) is 17.3. The fraction of sp³-hybridized carbons (Fsp3) is 0.136. The largest absolute Gasteiger partial charge is 0.351 e. The van der Waals surface area contributed by atoms with Gasteiger partial charge in [0.15, 0.2) is 0 Å². The van der Waals surface area contributed by atoms with Crippen LogP contribution in [0.1, 0.15) is 22.7 Å². The number of benzene rings is 3. The van der Waals surface area contributed by atoms with Crippen molar-refractivity contribution in [3.8, 4) is 0 Å². The van der Waals surface area contributed by atoms with Crippen LogP contribution in [0.2, 0.25) is 0 Å². The van der Waals surface area contributed by atoms with Crippen LogP contribution in [0.4, 0.5) is 0 Å². The van der Waals surface area contributed by atoms with Crippen molar-refractivity contribution in [2.75, 3.05) is 6.54 Å². The summed E-state index contributed by atoms with van der Waals surface area (Å²) < 4.78 is 0. The second kappa shape index (κ2) is 8.81. The van der Waals surface area contributed by atoms with Gasteiger partial charge in [-0.25, -0.2) is 0 Å². The van der Waals surface area contributed by atoms with Crippen LogP contribution in [0.3, 0.4) is 0 Å². The summed E-state index contributed by atoms with van der Waals surface area (Å²) >= 11 is 0. The highest BCUT2D eigenvalue weighted by Crippen LogP contribution is 2.21. The van der Waals surface area contributed by atoms with E-state index < -0.39 is 0 Å². The van der Waals surface area contributed by atoms with Gasteiger partial charge in [0, 0.05) is 6.54 Å². The summed E-state index contributed by atoms with van der Waals surface area (Å²) in [7, 11) is 0. The zero-order valence-corrected chi connectivity index (χ0v) is 14.1. The molecule has 0 atom stereocenters. The molecule has 0 aliphatic carbocycles. The van der Waals surface area contributed by atoms with E-state index in [0.717, 1.165) is 16.7 Å². The standard InChI is InChI=1S/C22H22N2O/c25-21(23-16-18-10-4-1-5-11-18)17-24-22(19-12-6-2-7-13-19)20-14-8-3-9-15-20/h1-15,22,24H,16-17H2,(H,23,25). The number of hydrogen-bond donors (Lipinski definition) is 2. The van der Waals surface area contributed by atoms with Crippen LogP contribution in [0.25, 0.3) is 0 Å². The Kier molecular flexibility index (Phi) is 5.96. The third-order valence-corrected chi connectivity index (χ3v) is 4.07. The van der Waals surface area contributed by atoms with E-state index >= 15 is 0 Å². The molecule has 0 spiro atoms. The number of amides is 1. The van der Waals surface area contributed by atoms with Gasteiger partial charge >= 0.3 is 0 Å². The van der Waals surface area contributed by atoms with Crippen molar-refractivity contribution in [3.05, 3.63) is 108 Å². The first-order chi connectivity index (χ1) is 12.3. The molecule has 0 saturated carbocycles. The zero-order valence-electron chi connectivity index (χ0n) is 14.1. The molecule has 0 aromatic heterocycles. The first-order valence-corrected chi connectivity index (χ1v) is 8.47. The van der Waals surface area contributed by atoms with E-state index in [4.69, 9.17) is 0 Å². The summed E-state index contributed by atoms with van der Waals surface area (Å²) in [5, 5.41) is 6.33. The number of nitrogens with one attached hydrogen (secondary N) is 2. The average molecular weight is 330 g/mol. The summed E-state index contributed by atoms with van der Waals surface area (Å²) in [6.45, 7) is 0.810. The van der Waals surface area contributed by atoms with Gasteiger partial charge < -0.3 is 5.32 Å². The Bertz CT molecular complexity index is 733. The van der Waals surface area contributed by atoms with Gasteiger partial charge in [0.2, 0.25) is 5.91 Å². The van der Waals surface area contributed by atoms with Crippen LogP contribution in [0.15, 0.2) is 91.0 Å². The summed E-state index contributed by atoms with van der Waals surface area (Å²) in [5.41, 5.74) is 3.38. The summed E-state index contributed by atoms with van der Waals surface area (Å²) in [6, 6.07) is 30.3. The maximum atomic E-state index is 12.2. The SMILES string of the molecule is O=C(CNC(c1ccccc1)c1ccccc1)NCc1ccccc1. The van der Waals surface area contributed by atoms with E-state index in [1.807, 2.05) is 66.7 Å². The summed E-state index contributed by atoms with van der Waals surface area (Å²) in [5.74, 6) is -0.0132. The molecular weight excluding hydrogens is 308 g/mol. The number of carbonyl (C=O) groups is 1. The van der Waals surface area contributed by atoms with Crippen molar-refractivity contribution in [1.82, 2.24) is 10.6 Å². The highest BCUT2D eigenvalue weighted by atomic mass is 16.1. The van der Waals surface area contributed by atoms with Crippen molar-refractivity contribution in [3.63, 3.8) is 0 Å². The topological polar surface area (TPSA) is 41.1 Å². The molecule has 25 heavy (non-hydrogen) atoms. The van der Waals surface area contributed by atoms with E-state index in [1.165, 1.54) is 0 Å². The Morgan fingerprint density at radius 3 is 1.72 bits per heavy atom. The Labute approximate surface area is 148 Å². The van der Waals surface area contributed by atoms with Gasteiger partial charge in [-0.15, -0.1) is 0 Å². The Hall–Kier alpha value is -2.91. The van der Waals surface area contributed by atoms with Crippen molar-refractivity contribution < 1.29 is 4.79 Å². The molecule has 3 nitrogen and oxygen atoms in total. The van der Waals surface area contributed by atoms with Gasteiger partial charge in [-0.05, 0) is 16.7 Å². The summed E-state index contributed by atoms with van der Waals surface area (Å²) in [6.07, 6.45) is 0. The van der Waals surface area contributed by atoms with Crippen LogP contribution in [0.5, 0.6) is 0 Å². The first kappa shape index (κ1) is 16.9. The van der Waals surface area contributed by atoms with Gasteiger partial charge in [0.05, 0.1) is 12.6 Å². The lowest BCUT2D eigenvalue weighted by molar-refractivity contribution is -0.120. The van der Waals surface area contributed by atoms with E-state index in [-0.39, 0.29) is 18.5 Å². The van der Waals surface area contributed by atoms with Gasteiger partial charge in [-0.2, -0.15) is 0 Å². The molecule has 0 bridgehead atoms. The summed E-state index contributed by atoms with van der Waals surface area (Å²) in [4.78, 5) is 12.2. The lowest BCUT2D eigenvalue weighted by Crippen LogP contribution is -2.35. The van der Waals surface area contributed by atoms with Crippen LogP contribution in [-0.4, -0.2) is 12.5 Å². The molecule has 1 amide bonds. The average Bonchev–Trinajstić information content (AvgIpc) is 2.69. The minimum Gasteiger partial charge on any atom is -0.351 e. The van der Waals surface area contributed by atoms with Crippen LogP contribution < -0.4 is 10.6 Å². The molecule has 3 heteroatoms. The molecule has 3 aromatic carbocycles. The lowest BCUT2D eigenvalue weighted by Gasteiger charge is -2.19. The van der Waals surface area contributed by atoms with Crippen LogP contribution in [-0.2, 0) is 11.3 Å². The normalized spacial score (nSPS) is 10.6. The third-order valence-electron chi connectivity index (χ3n) is 4.07. The lowest BCUT2D eigenvalue weighted by atomic mass is 9.99. The molecular formula is C22H22N2O. The third kappa shape index (κ3) is 5.03. The van der Waals surface area contributed by atoms with E-state index in [2.05, 4.69) is 34.9 Å². The van der Waals surface area contributed by atoms with Crippen molar-refractivity contribution in [2.45, 2.75) is 12.6 Å². The van der Waals surface area contributed by atoms with Gasteiger partial charge in [0.25, 0.3) is 0 Å². The van der Waals surface area contributed by atoms with Crippen molar-refractivity contribution in [2.24, 2.45) is 0 Å². The predicted octanol–water partition coefficient (Wildman–Crippen LogP) is 3.68. The molecule has 0 heterocycles. The molecule has 0 radical (unpaired) electrons. The molecule has 126 valence electrons. The predicted molar refractivity (Wildman–Crippen MR) is 101 cm³/mol. The fourth-order valence-corrected chi connectivity index (χ4v) is 2.77. The second-order valence-corrected chi connectivity index (χ2v) is 5.90. The fourth-order valence-electron chi connectivity index (χ4n) is 2.77. The molecule has 3 rings (SSSR count). The maximum Gasteiger partial charge on any atom is 0.234 e. The van der Waals surface area contributed by atoms with E-state index in [0.29, 0.717) is 6.54 Å². The number of hydrogen-bond acceptors (Lipinski definition) is 2. The smallest absolute Gasteiger partial charge is 0.234 e. The Balaban J connectivity index is 1.62. The van der Waals surface area contributed by atoms with Gasteiger partial charge in [0.1, 0.15) is 0 Å². The molecule has 0 aliphatic rings. The molecule has 0 unspecified atom stereocenters. The maximum absolute atomic E-state index is 12.2. The van der Waals surface area contributed by atoms with Gasteiger partial charge in [-0.1, -0.05) is 91.0 Å². The van der Waals surface area contributed by atoms with Gasteiger partial charge in [-0.3, -0.25) is 10.1 Å². The molecule has 0 fully saturated rings. The molecule has 0 aliphatic heterocycles. The van der Waals surface area contributed by atoms with Crippen LogP contribution in [0, 0.1) is 0 Å². The molecule has 3 aromatic rings. The second-order valence-electron chi connectivity index (χ2n) is 5.90. The highest BCUT2D eigenvalue weighted by Gasteiger charge is 2.14. The van der Waals surface area contributed by atoms with Crippen molar-refractivity contribution >= 4 is 5.91 Å². The van der Waals surface area contributed by atoms with E-state index in [1.54, 1.807) is 0 Å². The monoisotopic (exact) mass is 330 g/mol. The minimum atomic E-state index is -0.0132. The van der Waals surface area contributed by atoms with Crippen LogP contribution >= 0.6 is 0 Å². The number of carbonyl (C=O) groups excluding carboxylic acids is 1. The molecule has 2 N–H and O–H groups in total. The number of rotatable bonds is 7. The quantitative estimate of drug-likeness (QED) is 0.694. The highest BCUT2D eigenvalue weighted by molar-refractivity contribution is 5.78. The van der Waals surface area contributed by atoms with E-state index in [9.17, 15) is 4.79 Å². The Morgan fingerprint density at radius 2 is 1.20 bits per heavy atom. The minimum absolute atomic E-state index is 0.00937. The van der Waals surface area contributed by atoms with Crippen molar-refractivity contribution in [1.29, 1.82) is 0 Å².